The van der Waals surface area contributed by atoms with E-state index in [1.54, 1.807) is 24.3 Å². The molecular formula is C22H18O4. The van der Waals surface area contributed by atoms with Crippen LogP contribution in [0, 0.1) is 0 Å². The summed E-state index contributed by atoms with van der Waals surface area (Å²) in [5, 5.41) is 8.82. The second-order valence-corrected chi connectivity index (χ2v) is 5.87. The first-order valence-electron chi connectivity index (χ1n) is 8.25. The Morgan fingerprint density at radius 2 is 1.27 bits per heavy atom. The van der Waals surface area contributed by atoms with Crippen molar-refractivity contribution in [2.45, 2.75) is 12.5 Å². The van der Waals surface area contributed by atoms with Gasteiger partial charge in [-0.3, -0.25) is 4.79 Å². The summed E-state index contributed by atoms with van der Waals surface area (Å²) in [6.45, 7) is 0. The van der Waals surface area contributed by atoms with Crippen molar-refractivity contribution in [1.29, 1.82) is 0 Å². The molecule has 0 amide bonds. The lowest BCUT2D eigenvalue weighted by molar-refractivity contribution is -0.136. The van der Waals surface area contributed by atoms with E-state index in [4.69, 9.17) is 9.84 Å². The van der Waals surface area contributed by atoms with E-state index in [0.717, 1.165) is 11.1 Å². The number of hydrogen-bond acceptors (Lipinski definition) is 3. The summed E-state index contributed by atoms with van der Waals surface area (Å²) in [7, 11) is 0. The molecule has 0 aliphatic heterocycles. The standard InChI is InChI=1S/C22H18O4/c23-20(24)15-16-11-13-19(14-12-16)22(25)26-21(17-7-3-1-4-8-17)18-9-5-2-6-10-18/h1-14,21H,15H2,(H,23,24). The molecule has 0 spiro atoms. The van der Waals surface area contributed by atoms with Gasteiger partial charge in [-0.15, -0.1) is 0 Å². The van der Waals surface area contributed by atoms with Crippen LogP contribution in [0.3, 0.4) is 0 Å². The summed E-state index contributed by atoms with van der Waals surface area (Å²) in [5.74, 6) is -1.36. The van der Waals surface area contributed by atoms with Crippen molar-refractivity contribution >= 4 is 11.9 Å². The third kappa shape index (κ3) is 4.36. The second kappa shape index (κ2) is 8.12. The van der Waals surface area contributed by atoms with Crippen LogP contribution >= 0.6 is 0 Å². The number of rotatable bonds is 6. The number of aliphatic carboxylic acids is 1. The van der Waals surface area contributed by atoms with E-state index in [2.05, 4.69) is 0 Å². The maximum absolute atomic E-state index is 12.6. The molecule has 0 aromatic heterocycles. The predicted molar refractivity (Wildman–Crippen MR) is 97.9 cm³/mol. The van der Waals surface area contributed by atoms with Crippen LogP contribution in [-0.2, 0) is 16.0 Å². The SMILES string of the molecule is O=C(O)Cc1ccc(C(=O)OC(c2ccccc2)c2ccccc2)cc1. The molecule has 1 N–H and O–H groups in total. The van der Waals surface area contributed by atoms with E-state index in [0.29, 0.717) is 11.1 Å². The van der Waals surface area contributed by atoms with Crippen LogP contribution in [0.5, 0.6) is 0 Å². The fourth-order valence-electron chi connectivity index (χ4n) is 2.69. The highest BCUT2D eigenvalue weighted by molar-refractivity contribution is 5.89. The largest absolute Gasteiger partial charge is 0.481 e. The van der Waals surface area contributed by atoms with Crippen LogP contribution in [0.25, 0.3) is 0 Å². The molecule has 0 unspecified atom stereocenters. The Morgan fingerprint density at radius 1 is 0.769 bits per heavy atom. The lowest BCUT2D eigenvalue weighted by Gasteiger charge is -2.19. The van der Waals surface area contributed by atoms with Crippen molar-refractivity contribution in [3.05, 3.63) is 107 Å². The number of carboxylic acids is 1. The number of carboxylic acid groups (broad SMARTS) is 1. The molecule has 3 rings (SSSR count). The Bertz CT molecular complexity index is 832. The number of carbonyl (C=O) groups is 2. The smallest absolute Gasteiger partial charge is 0.339 e. The highest BCUT2D eigenvalue weighted by Gasteiger charge is 2.19. The Balaban J connectivity index is 1.83. The van der Waals surface area contributed by atoms with Crippen molar-refractivity contribution in [1.82, 2.24) is 0 Å². The minimum atomic E-state index is -0.909. The average molecular weight is 346 g/mol. The summed E-state index contributed by atoms with van der Waals surface area (Å²) >= 11 is 0. The van der Waals surface area contributed by atoms with E-state index in [9.17, 15) is 9.59 Å². The topological polar surface area (TPSA) is 63.6 Å². The van der Waals surface area contributed by atoms with Gasteiger partial charge in [0, 0.05) is 0 Å². The number of esters is 1. The van der Waals surface area contributed by atoms with Crippen molar-refractivity contribution in [3.63, 3.8) is 0 Å². The van der Waals surface area contributed by atoms with Crippen LogP contribution in [-0.4, -0.2) is 17.0 Å². The van der Waals surface area contributed by atoms with Gasteiger partial charge < -0.3 is 9.84 Å². The Morgan fingerprint density at radius 3 is 1.73 bits per heavy atom. The minimum Gasteiger partial charge on any atom is -0.481 e. The predicted octanol–water partition coefficient (Wildman–Crippen LogP) is 4.26. The normalized spacial score (nSPS) is 10.5. The molecule has 3 aromatic carbocycles. The van der Waals surface area contributed by atoms with Crippen molar-refractivity contribution in [2.75, 3.05) is 0 Å². The number of benzene rings is 3. The van der Waals surface area contributed by atoms with E-state index >= 15 is 0 Å². The van der Waals surface area contributed by atoms with Gasteiger partial charge in [-0.05, 0) is 28.8 Å². The molecule has 0 saturated heterocycles. The fourth-order valence-corrected chi connectivity index (χ4v) is 2.69. The Labute approximate surface area is 151 Å². The van der Waals surface area contributed by atoms with E-state index in [1.807, 2.05) is 60.7 Å². The molecule has 0 atom stereocenters. The Kier molecular flexibility index (Phi) is 5.44. The zero-order valence-electron chi connectivity index (χ0n) is 14.0. The molecule has 0 bridgehead atoms. The lowest BCUT2D eigenvalue weighted by atomic mass is 10.0. The Hall–Kier alpha value is -3.40. The molecule has 0 heterocycles. The quantitative estimate of drug-likeness (QED) is 0.677. The monoisotopic (exact) mass is 346 g/mol. The zero-order valence-corrected chi connectivity index (χ0v) is 14.0. The number of hydrogen-bond donors (Lipinski definition) is 1. The van der Waals surface area contributed by atoms with Crippen molar-refractivity contribution in [2.24, 2.45) is 0 Å². The molecule has 0 aliphatic rings. The first kappa shape index (κ1) is 17.4. The molecular weight excluding hydrogens is 328 g/mol. The van der Waals surface area contributed by atoms with Gasteiger partial charge in [0.05, 0.1) is 12.0 Å². The van der Waals surface area contributed by atoms with Gasteiger partial charge in [0.1, 0.15) is 0 Å². The number of carbonyl (C=O) groups excluding carboxylic acids is 1. The molecule has 26 heavy (non-hydrogen) atoms. The maximum Gasteiger partial charge on any atom is 0.339 e. The lowest BCUT2D eigenvalue weighted by Crippen LogP contribution is -2.13. The van der Waals surface area contributed by atoms with E-state index < -0.39 is 18.0 Å². The zero-order chi connectivity index (χ0) is 18.4. The maximum atomic E-state index is 12.6. The van der Waals surface area contributed by atoms with Crippen LogP contribution < -0.4 is 0 Å². The molecule has 4 nitrogen and oxygen atoms in total. The van der Waals surface area contributed by atoms with Gasteiger partial charge in [0.25, 0.3) is 0 Å². The van der Waals surface area contributed by atoms with Gasteiger partial charge in [0.15, 0.2) is 6.10 Å². The average Bonchev–Trinajstić information content (AvgIpc) is 2.67. The van der Waals surface area contributed by atoms with Crippen LogP contribution in [0.1, 0.15) is 33.2 Å². The molecule has 0 fully saturated rings. The van der Waals surface area contributed by atoms with Crippen molar-refractivity contribution in [3.8, 4) is 0 Å². The molecule has 0 aliphatic carbocycles. The van der Waals surface area contributed by atoms with Gasteiger partial charge >= 0.3 is 11.9 Å². The summed E-state index contributed by atoms with van der Waals surface area (Å²) in [4.78, 5) is 23.4. The first-order chi connectivity index (χ1) is 12.6. The van der Waals surface area contributed by atoms with Gasteiger partial charge in [-0.25, -0.2) is 4.79 Å². The minimum absolute atomic E-state index is 0.0774. The molecule has 130 valence electrons. The third-order valence-corrected chi connectivity index (χ3v) is 3.97. The third-order valence-electron chi connectivity index (χ3n) is 3.97. The summed E-state index contributed by atoms with van der Waals surface area (Å²) < 4.78 is 5.77. The van der Waals surface area contributed by atoms with Crippen molar-refractivity contribution < 1.29 is 19.4 Å². The highest BCUT2D eigenvalue weighted by atomic mass is 16.5. The summed E-state index contributed by atoms with van der Waals surface area (Å²) in [6.07, 6.45) is -0.588. The van der Waals surface area contributed by atoms with E-state index in [1.165, 1.54) is 0 Å². The first-order valence-corrected chi connectivity index (χ1v) is 8.25. The van der Waals surface area contributed by atoms with Crippen LogP contribution in [0.4, 0.5) is 0 Å². The van der Waals surface area contributed by atoms with Crippen LogP contribution in [0.2, 0.25) is 0 Å². The number of ether oxygens (including phenoxy) is 1. The molecule has 3 aromatic rings. The molecule has 0 radical (unpaired) electrons. The summed E-state index contributed by atoms with van der Waals surface area (Å²) in [5.41, 5.74) is 2.79. The second-order valence-electron chi connectivity index (χ2n) is 5.87. The van der Waals surface area contributed by atoms with E-state index in [-0.39, 0.29) is 6.42 Å². The fraction of sp³-hybridized carbons (Fsp3) is 0.0909. The van der Waals surface area contributed by atoms with Gasteiger partial charge in [0.2, 0.25) is 0 Å². The summed E-state index contributed by atoms with van der Waals surface area (Å²) in [6, 6.07) is 25.5. The van der Waals surface area contributed by atoms with Crippen LogP contribution in [0.15, 0.2) is 84.9 Å². The van der Waals surface area contributed by atoms with Gasteiger partial charge in [-0.2, -0.15) is 0 Å². The molecule has 4 heteroatoms. The highest BCUT2D eigenvalue weighted by Crippen LogP contribution is 2.27. The van der Waals surface area contributed by atoms with Gasteiger partial charge in [-0.1, -0.05) is 72.8 Å². The molecule has 0 saturated carbocycles.